The number of ether oxygens (including phenoxy) is 1. The van der Waals surface area contributed by atoms with Gasteiger partial charge in [-0.25, -0.2) is 14.8 Å². The van der Waals surface area contributed by atoms with E-state index < -0.39 is 5.97 Å². The Balaban J connectivity index is 1.16. The molecule has 0 aromatic carbocycles. The van der Waals surface area contributed by atoms with Gasteiger partial charge in [0.2, 0.25) is 5.95 Å². The fourth-order valence-electron chi connectivity index (χ4n) is 6.41. The molecular weight excluding hydrogens is 432 g/mol. The van der Waals surface area contributed by atoms with Crippen LogP contribution in [0.25, 0.3) is 0 Å². The number of hydrogen-bond acceptors (Lipinski definition) is 7. The summed E-state index contributed by atoms with van der Waals surface area (Å²) in [6.45, 7) is 2.42. The maximum Gasteiger partial charge on any atom is 0.354 e. The molecule has 2 bridgehead atoms. The average Bonchev–Trinajstić information content (AvgIpc) is 3.53. The molecule has 2 aromatic heterocycles. The molecule has 2 saturated heterocycles. The maximum atomic E-state index is 11.5. The second kappa shape index (κ2) is 8.95. The highest BCUT2D eigenvalue weighted by Gasteiger charge is 2.43. The van der Waals surface area contributed by atoms with Gasteiger partial charge in [0.1, 0.15) is 5.76 Å². The molecule has 8 nitrogen and oxygen atoms in total. The molecule has 4 heterocycles. The van der Waals surface area contributed by atoms with Crippen LogP contribution in [0.4, 0.5) is 5.95 Å². The molecule has 2 unspecified atom stereocenters. The standard InChI is InChI=1S/C26H34N4O4/c1-15-11-22(25(31)32)28-26(27-15)30-18-9-10-19(30)13-20(12-18)33-14-21-23(16-5-3-2-4-6-16)29-34-24(21)17-7-8-17/h11,16-20H,2-10,12-14H2,1H3,(H,31,32). The van der Waals surface area contributed by atoms with Gasteiger partial charge in [0.05, 0.1) is 18.4 Å². The third-order valence-electron chi connectivity index (χ3n) is 8.23. The summed E-state index contributed by atoms with van der Waals surface area (Å²) in [5.41, 5.74) is 3.15. The fourth-order valence-corrected chi connectivity index (χ4v) is 6.41. The van der Waals surface area contributed by atoms with Crippen LogP contribution in [-0.2, 0) is 11.3 Å². The molecule has 34 heavy (non-hydrogen) atoms. The van der Waals surface area contributed by atoms with Crippen molar-refractivity contribution in [3.8, 4) is 0 Å². The Morgan fingerprint density at radius 2 is 1.79 bits per heavy atom. The first-order valence-corrected chi connectivity index (χ1v) is 13.0. The number of carboxylic acids is 1. The minimum Gasteiger partial charge on any atom is -0.477 e. The predicted molar refractivity (Wildman–Crippen MR) is 125 cm³/mol. The molecule has 2 aliphatic heterocycles. The summed E-state index contributed by atoms with van der Waals surface area (Å²) in [5.74, 6) is 1.67. The van der Waals surface area contributed by atoms with Gasteiger partial charge in [-0.3, -0.25) is 0 Å². The van der Waals surface area contributed by atoms with E-state index in [4.69, 9.17) is 9.26 Å². The number of fused-ring (bicyclic) bond motifs is 2. The number of piperidine rings is 1. The summed E-state index contributed by atoms with van der Waals surface area (Å²) in [4.78, 5) is 22.7. The van der Waals surface area contributed by atoms with Gasteiger partial charge in [-0.15, -0.1) is 0 Å². The van der Waals surface area contributed by atoms with Crippen molar-refractivity contribution < 1.29 is 19.2 Å². The SMILES string of the molecule is Cc1cc(C(=O)O)nc(N2C3CCC2CC(OCc2c(C4CCCCC4)noc2C2CC2)C3)n1. The van der Waals surface area contributed by atoms with E-state index in [2.05, 4.69) is 20.0 Å². The maximum absolute atomic E-state index is 11.5. The molecule has 1 N–H and O–H groups in total. The van der Waals surface area contributed by atoms with Gasteiger partial charge >= 0.3 is 5.97 Å². The third kappa shape index (κ3) is 4.21. The number of rotatable bonds is 7. The van der Waals surface area contributed by atoms with E-state index in [0.29, 0.717) is 30.1 Å². The lowest BCUT2D eigenvalue weighted by Crippen LogP contribution is -2.46. The van der Waals surface area contributed by atoms with Crippen LogP contribution in [0.1, 0.15) is 116 Å². The average molecular weight is 467 g/mol. The van der Waals surface area contributed by atoms with Crippen LogP contribution in [0.5, 0.6) is 0 Å². The van der Waals surface area contributed by atoms with Gasteiger partial charge in [-0.1, -0.05) is 24.4 Å². The van der Waals surface area contributed by atoms with Crippen LogP contribution in [0.2, 0.25) is 0 Å². The van der Waals surface area contributed by atoms with Crippen molar-refractivity contribution in [2.45, 2.75) is 114 Å². The summed E-state index contributed by atoms with van der Waals surface area (Å²) in [7, 11) is 0. The van der Waals surface area contributed by atoms with Gasteiger partial charge in [-0.2, -0.15) is 0 Å². The first-order chi connectivity index (χ1) is 16.6. The van der Waals surface area contributed by atoms with E-state index in [1.165, 1.54) is 56.6 Å². The molecule has 2 atom stereocenters. The van der Waals surface area contributed by atoms with Crippen LogP contribution in [0.3, 0.4) is 0 Å². The summed E-state index contributed by atoms with van der Waals surface area (Å²) in [6.07, 6.45) is 12.9. The smallest absolute Gasteiger partial charge is 0.354 e. The van der Waals surface area contributed by atoms with Crippen LogP contribution in [0, 0.1) is 6.92 Å². The number of nitrogens with zero attached hydrogens (tertiary/aromatic N) is 4. The molecular formula is C26H34N4O4. The highest BCUT2D eigenvalue weighted by molar-refractivity contribution is 5.85. The molecule has 2 aromatic rings. The zero-order chi connectivity index (χ0) is 23.2. The minimum absolute atomic E-state index is 0.0654. The topological polar surface area (TPSA) is 102 Å². The normalized spacial score (nSPS) is 27.3. The first-order valence-electron chi connectivity index (χ1n) is 13.0. The van der Waals surface area contributed by atoms with E-state index in [-0.39, 0.29) is 23.9 Å². The first kappa shape index (κ1) is 22.0. The lowest BCUT2D eigenvalue weighted by molar-refractivity contribution is 0.0138. The van der Waals surface area contributed by atoms with Gasteiger partial charge in [-0.05, 0) is 64.4 Å². The van der Waals surface area contributed by atoms with Crippen LogP contribution >= 0.6 is 0 Å². The van der Waals surface area contributed by atoms with E-state index in [1.807, 2.05) is 6.92 Å². The predicted octanol–water partition coefficient (Wildman–Crippen LogP) is 5.11. The van der Waals surface area contributed by atoms with E-state index in [1.54, 1.807) is 0 Å². The van der Waals surface area contributed by atoms with Crippen molar-refractivity contribution in [3.63, 3.8) is 0 Å². The van der Waals surface area contributed by atoms with Crippen LogP contribution in [0.15, 0.2) is 10.6 Å². The van der Waals surface area contributed by atoms with Crippen molar-refractivity contribution in [2.24, 2.45) is 0 Å². The lowest BCUT2D eigenvalue weighted by Gasteiger charge is -2.39. The quantitative estimate of drug-likeness (QED) is 0.600. The number of hydrogen-bond donors (Lipinski definition) is 1. The van der Waals surface area contributed by atoms with Crippen molar-refractivity contribution in [1.29, 1.82) is 0 Å². The second-order valence-electron chi connectivity index (χ2n) is 10.7. The van der Waals surface area contributed by atoms with E-state index in [0.717, 1.165) is 37.1 Å². The van der Waals surface area contributed by atoms with Crippen molar-refractivity contribution in [1.82, 2.24) is 15.1 Å². The Morgan fingerprint density at radius 1 is 1.06 bits per heavy atom. The van der Waals surface area contributed by atoms with Gasteiger partial charge < -0.3 is 19.3 Å². The summed E-state index contributed by atoms with van der Waals surface area (Å²) < 4.78 is 12.4. The molecule has 8 heteroatoms. The number of aromatic carboxylic acids is 1. The molecule has 6 rings (SSSR count). The Hall–Kier alpha value is -2.48. The Bertz CT molecular complexity index is 1050. The molecule has 0 amide bonds. The van der Waals surface area contributed by atoms with Crippen molar-refractivity contribution in [3.05, 3.63) is 34.5 Å². The minimum atomic E-state index is -1.01. The van der Waals surface area contributed by atoms with E-state index >= 15 is 0 Å². The third-order valence-corrected chi connectivity index (χ3v) is 8.23. The summed E-state index contributed by atoms with van der Waals surface area (Å²) >= 11 is 0. The Morgan fingerprint density at radius 3 is 2.47 bits per heavy atom. The number of carbonyl (C=O) groups is 1. The number of aryl methyl sites for hydroxylation is 1. The van der Waals surface area contributed by atoms with E-state index in [9.17, 15) is 9.90 Å². The Labute approximate surface area is 200 Å². The highest BCUT2D eigenvalue weighted by Crippen LogP contribution is 2.46. The molecule has 4 fully saturated rings. The van der Waals surface area contributed by atoms with Gasteiger partial charge in [0.25, 0.3) is 0 Å². The molecule has 2 saturated carbocycles. The molecule has 0 radical (unpaired) electrons. The van der Waals surface area contributed by atoms with Crippen molar-refractivity contribution in [2.75, 3.05) is 4.90 Å². The van der Waals surface area contributed by atoms with Crippen molar-refractivity contribution >= 4 is 11.9 Å². The largest absolute Gasteiger partial charge is 0.477 e. The molecule has 0 spiro atoms. The number of aromatic nitrogens is 3. The highest BCUT2D eigenvalue weighted by atomic mass is 16.5. The Kier molecular flexibility index (Phi) is 5.79. The summed E-state index contributed by atoms with van der Waals surface area (Å²) in [5, 5.41) is 14.0. The van der Waals surface area contributed by atoms with Gasteiger partial charge in [0, 0.05) is 35.2 Å². The number of carboxylic acid groups (broad SMARTS) is 1. The molecule has 2 aliphatic carbocycles. The zero-order valence-electron chi connectivity index (χ0n) is 19.9. The van der Waals surface area contributed by atoms with Crippen LogP contribution < -0.4 is 4.90 Å². The fraction of sp³-hybridized carbons (Fsp3) is 0.692. The molecule has 4 aliphatic rings. The molecule has 182 valence electrons. The lowest BCUT2D eigenvalue weighted by atomic mass is 9.85. The monoisotopic (exact) mass is 466 g/mol. The summed E-state index contributed by atoms with van der Waals surface area (Å²) in [6, 6.07) is 2.11. The zero-order valence-corrected chi connectivity index (χ0v) is 19.9. The van der Waals surface area contributed by atoms with Gasteiger partial charge in [0.15, 0.2) is 5.69 Å². The number of anilines is 1. The second-order valence-corrected chi connectivity index (χ2v) is 10.7. The van der Waals surface area contributed by atoms with Crippen LogP contribution in [-0.4, -0.2) is 44.4 Å².